The lowest BCUT2D eigenvalue weighted by molar-refractivity contribution is 0.423. The molecule has 2 heterocycles. The number of ether oxygens (including phenoxy) is 1. The number of aryl methyl sites for hydroxylation is 1. The fourth-order valence-electron chi connectivity index (χ4n) is 1.07. The van der Waals surface area contributed by atoms with Crippen molar-refractivity contribution < 1.29 is 4.74 Å². The van der Waals surface area contributed by atoms with Crippen LogP contribution in [0.3, 0.4) is 0 Å². The number of H-pyrrole nitrogens is 1. The summed E-state index contributed by atoms with van der Waals surface area (Å²) in [6, 6.07) is 3.51. The molecule has 0 aromatic carbocycles. The van der Waals surface area contributed by atoms with E-state index in [2.05, 4.69) is 20.2 Å². The van der Waals surface area contributed by atoms with Gasteiger partial charge in [-0.25, -0.2) is 4.98 Å². The van der Waals surface area contributed by atoms with Crippen molar-refractivity contribution in [1.82, 2.24) is 20.2 Å². The highest BCUT2D eigenvalue weighted by Gasteiger charge is 2.05. The lowest BCUT2D eigenvalue weighted by Crippen LogP contribution is -2.12. The summed E-state index contributed by atoms with van der Waals surface area (Å²) in [6.45, 7) is 1.87. The third-order valence-electron chi connectivity index (χ3n) is 1.76. The van der Waals surface area contributed by atoms with E-state index in [1.165, 1.54) is 6.20 Å². The van der Waals surface area contributed by atoms with Gasteiger partial charge in [0.05, 0.1) is 0 Å². The average Bonchev–Trinajstić information content (AvgIpc) is 2.64. The molecule has 0 saturated carbocycles. The molecule has 0 fully saturated rings. The fraction of sp³-hybridized carbons (Fsp3) is 0.111. The number of aromatic nitrogens is 4. The number of thiocarbonyl (C=S) groups is 1. The monoisotopic (exact) mass is 235 g/mol. The van der Waals surface area contributed by atoms with Crippen molar-refractivity contribution in [3.63, 3.8) is 0 Å². The Kier molecular flexibility index (Phi) is 2.78. The van der Waals surface area contributed by atoms with Gasteiger partial charge < -0.3 is 10.5 Å². The minimum absolute atomic E-state index is 0.164. The van der Waals surface area contributed by atoms with E-state index in [4.69, 9.17) is 22.7 Å². The topological polar surface area (TPSA) is 89.7 Å². The Morgan fingerprint density at radius 3 is 3.00 bits per heavy atom. The summed E-state index contributed by atoms with van der Waals surface area (Å²) in [7, 11) is 0. The number of nitrogens with one attached hydrogen (secondary N) is 1. The van der Waals surface area contributed by atoms with E-state index in [0.717, 1.165) is 5.69 Å². The van der Waals surface area contributed by atoms with Crippen LogP contribution in [0, 0.1) is 6.92 Å². The van der Waals surface area contributed by atoms with Gasteiger partial charge in [-0.15, -0.1) is 5.10 Å². The molecule has 0 unspecified atom stereocenters. The lowest BCUT2D eigenvalue weighted by atomic mass is 10.4. The summed E-state index contributed by atoms with van der Waals surface area (Å²) in [4.78, 5) is 8.15. The van der Waals surface area contributed by atoms with Crippen LogP contribution in [0.4, 0.5) is 0 Å². The van der Waals surface area contributed by atoms with E-state index < -0.39 is 0 Å². The number of hydrogen-bond acceptors (Lipinski definition) is 5. The van der Waals surface area contributed by atoms with Crippen molar-refractivity contribution in [1.29, 1.82) is 0 Å². The molecule has 2 aromatic rings. The molecule has 0 saturated heterocycles. The molecule has 0 amide bonds. The Balaban J connectivity index is 2.21. The molecule has 2 aromatic heterocycles. The largest absolute Gasteiger partial charge is 0.404 e. The van der Waals surface area contributed by atoms with Crippen LogP contribution in [0.15, 0.2) is 18.3 Å². The molecule has 0 aliphatic rings. The molecular formula is C9H9N5OS. The number of rotatable bonds is 3. The predicted octanol–water partition coefficient (Wildman–Crippen LogP) is 0.935. The molecule has 2 rings (SSSR count). The number of nitrogens with two attached hydrogens (primary N) is 1. The van der Waals surface area contributed by atoms with Crippen molar-refractivity contribution in [2.24, 2.45) is 5.73 Å². The summed E-state index contributed by atoms with van der Waals surface area (Å²) in [5.74, 6) is 0.401. The second-order valence-corrected chi connectivity index (χ2v) is 3.52. The van der Waals surface area contributed by atoms with E-state index in [0.29, 0.717) is 11.6 Å². The third-order valence-corrected chi connectivity index (χ3v) is 1.97. The molecule has 0 bridgehead atoms. The van der Waals surface area contributed by atoms with Crippen molar-refractivity contribution >= 4 is 17.2 Å². The molecule has 0 aliphatic carbocycles. The van der Waals surface area contributed by atoms with Crippen LogP contribution in [0.25, 0.3) is 0 Å². The third kappa shape index (κ3) is 2.31. The van der Waals surface area contributed by atoms with Crippen LogP contribution in [0.2, 0.25) is 0 Å². The average molecular weight is 235 g/mol. The molecule has 0 aliphatic heterocycles. The van der Waals surface area contributed by atoms with Gasteiger partial charge in [0.15, 0.2) is 0 Å². The van der Waals surface area contributed by atoms with Crippen LogP contribution >= 0.6 is 12.2 Å². The summed E-state index contributed by atoms with van der Waals surface area (Å²) in [6.07, 6.45) is 1.52. The maximum absolute atomic E-state index is 5.44. The van der Waals surface area contributed by atoms with Gasteiger partial charge in [-0.3, -0.25) is 5.10 Å². The van der Waals surface area contributed by atoms with Crippen molar-refractivity contribution in [2.75, 3.05) is 0 Å². The Hall–Kier alpha value is -2.02. The Morgan fingerprint density at radius 1 is 1.56 bits per heavy atom. The summed E-state index contributed by atoms with van der Waals surface area (Å²) in [5.41, 5.74) is 6.80. The first kappa shape index (κ1) is 10.5. The van der Waals surface area contributed by atoms with Gasteiger partial charge in [0.25, 0.3) is 0 Å². The van der Waals surface area contributed by atoms with Gasteiger partial charge in [-0.05, 0) is 13.0 Å². The summed E-state index contributed by atoms with van der Waals surface area (Å²) >= 11 is 4.80. The van der Waals surface area contributed by atoms with Crippen molar-refractivity contribution in [3.8, 4) is 11.9 Å². The zero-order chi connectivity index (χ0) is 11.5. The number of hydrogen-bond donors (Lipinski definition) is 2. The van der Waals surface area contributed by atoms with E-state index in [-0.39, 0.29) is 11.0 Å². The van der Waals surface area contributed by atoms with E-state index >= 15 is 0 Å². The Bertz CT molecular complexity index is 524. The predicted molar refractivity (Wildman–Crippen MR) is 61.3 cm³/mol. The molecule has 6 nitrogen and oxygen atoms in total. The molecule has 0 spiro atoms. The quantitative estimate of drug-likeness (QED) is 0.769. The lowest BCUT2D eigenvalue weighted by Gasteiger charge is -2.01. The zero-order valence-corrected chi connectivity index (χ0v) is 9.28. The molecule has 0 radical (unpaired) electrons. The highest BCUT2D eigenvalue weighted by atomic mass is 32.1. The smallest absolute Gasteiger partial charge is 0.323 e. The maximum Gasteiger partial charge on any atom is 0.323 e. The normalized spacial score (nSPS) is 10.1. The van der Waals surface area contributed by atoms with Gasteiger partial charge in [0, 0.05) is 18.0 Å². The SMILES string of the molecule is Cc1cc(Oc2nccc(C(N)=S)n2)n[nH]1. The van der Waals surface area contributed by atoms with Crippen molar-refractivity contribution in [2.45, 2.75) is 6.92 Å². The molecular weight excluding hydrogens is 226 g/mol. The first-order chi connectivity index (χ1) is 7.65. The molecule has 82 valence electrons. The zero-order valence-electron chi connectivity index (χ0n) is 8.47. The van der Waals surface area contributed by atoms with Crippen LogP contribution in [-0.4, -0.2) is 25.2 Å². The fourth-order valence-corrected chi connectivity index (χ4v) is 1.18. The van der Waals surface area contributed by atoms with Crippen LogP contribution in [0.5, 0.6) is 11.9 Å². The van der Waals surface area contributed by atoms with Crippen LogP contribution in [0.1, 0.15) is 11.4 Å². The van der Waals surface area contributed by atoms with E-state index in [9.17, 15) is 0 Å². The summed E-state index contributed by atoms with van der Waals surface area (Å²) < 4.78 is 5.31. The molecule has 7 heteroatoms. The first-order valence-corrected chi connectivity index (χ1v) is 4.88. The highest BCUT2D eigenvalue weighted by molar-refractivity contribution is 7.80. The van der Waals surface area contributed by atoms with Gasteiger partial charge in [0.2, 0.25) is 5.88 Å². The van der Waals surface area contributed by atoms with Crippen molar-refractivity contribution in [3.05, 3.63) is 29.7 Å². The van der Waals surface area contributed by atoms with E-state index in [1.807, 2.05) is 6.92 Å². The second kappa shape index (κ2) is 4.23. The molecule has 0 atom stereocenters. The standard InChI is InChI=1S/C9H9N5OS/c1-5-4-7(14-13-5)15-9-11-3-2-6(12-9)8(10)16/h2-4H,1H3,(H2,10,16)(H,13,14). The first-order valence-electron chi connectivity index (χ1n) is 4.48. The van der Waals surface area contributed by atoms with E-state index in [1.54, 1.807) is 12.1 Å². The van der Waals surface area contributed by atoms with Gasteiger partial charge in [-0.2, -0.15) is 4.98 Å². The van der Waals surface area contributed by atoms with Crippen LogP contribution in [-0.2, 0) is 0 Å². The number of nitrogens with zero attached hydrogens (tertiary/aromatic N) is 3. The molecule has 3 N–H and O–H groups in total. The Morgan fingerprint density at radius 2 is 2.38 bits per heavy atom. The van der Waals surface area contributed by atoms with Gasteiger partial charge >= 0.3 is 6.01 Å². The Labute approximate surface area is 96.9 Å². The molecule has 16 heavy (non-hydrogen) atoms. The van der Waals surface area contributed by atoms with Crippen LogP contribution < -0.4 is 10.5 Å². The number of aromatic amines is 1. The second-order valence-electron chi connectivity index (χ2n) is 3.08. The van der Waals surface area contributed by atoms with Gasteiger partial charge in [0.1, 0.15) is 10.7 Å². The minimum Gasteiger partial charge on any atom is -0.404 e. The summed E-state index contributed by atoms with van der Waals surface area (Å²) in [5, 5.41) is 6.64. The van der Waals surface area contributed by atoms with Gasteiger partial charge in [-0.1, -0.05) is 12.2 Å². The maximum atomic E-state index is 5.44. The highest BCUT2D eigenvalue weighted by Crippen LogP contribution is 2.14. The minimum atomic E-state index is 0.164.